The van der Waals surface area contributed by atoms with Gasteiger partial charge in [-0.25, -0.2) is 4.98 Å². The summed E-state index contributed by atoms with van der Waals surface area (Å²) >= 11 is 0. The zero-order chi connectivity index (χ0) is 13.3. The van der Waals surface area contributed by atoms with Crippen LogP contribution >= 0.6 is 0 Å². The molecule has 0 unspecified atom stereocenters. The van der Waals surface area contributed by atoms with E-state index in [2.05, 4.69) is 14.7 Å². The molecule has 19 heavy (non-hydrogen) atoms. The fourth-order valence-corrected chi connectivity index (χ4v) is 2.89. The number of hydrogen-bond acceptors (Lipinski definition) is 3. The average Bonchev–Trinajstić information content (AvgIpc) is 2.93. The van der Waals surface area contributed by atoms with Gasteiger partial charge in [0.05, 0.1) is 18.2 Å². The van der Waals surface area contributed by atoms with Crippen molar-refractivity contribution in [1.29, 1.82) is 0 Å². The van der Waals surface area contributed by atoms with Gasteiger partial charge in [0.2, 0.25) is 0 Å². The number of sulfonamides is 1. The molecule has 3 rings (SSSR count). The van der Waals surface area contributed by atoms with E-state index in [1.807, 2.05) is 36.4 Å². The van der Waals surface area contributed by atoms with Crippen LogP contribution in [0.4, 0.5) is 5.69 Å². The SMILES string of the molecule is O=S(=O)(Nc1cccc2ccccc12)c1cnc[nH]1. The van der Waals surface area contributed by atoms with Crippen LogP contribution in [-0.2, 0) is 10.0 Å². The van der Waals surface area contributed by atoms with Crippen LogP contribution in [0.15, 0.2) is 60.0 Å². The largest absolute Gasteiger partial charge is 0.334 e. The number of anilines is 1. The van der Waals surface area contributed by atoms with Gasteiger partial charge in [-0.15, -0.1) is 0 Å². The maximum atomic E-state index is 12.1. The Hall–Kier alpha value is -2.34. The third-order valence-corrected chi connectivity index (χ3v) is 4.09. The molecule has 2 N–H and O–H groups in total. The highest BCUT2D eigenvalue weighted by molar-refractivity contribution is 7.92. The van der Waals surface area contributed by atoms with E-state index >= 15 is 0 Å². The summed E-state index contributed by atoms with van der Waals surface area (Å²) in [6.45, 7) is 0. The molecule has 0 amide bonds. The average molecular weight is 273 g/mol. The normalized spacial score (nSPS) is 11.6. The van der Waals surface area contributed by atoms with Gasteiger partial charge in [-0.2, -0.15) is 8.42 Å². The fourth-order valence-electron chi connectivity index (χ4n) is 1.90. The van der Waals surface area contributed by atoms with Crippen LogP contribution in [0, 0.1) is 0 Å². The number of imidazole rings is 1. The number of hydrogen-bond donors (Lipinski definition) is 2. The van der Waals surface area contributed by atoms with Crippen LogP contribution in [0.3, 0.4) is 0 Å². The van der Waals surface area contributed by atoms with Crippen molar-refractivity contribution in [2.45, 2.75) is 5.03 Å². The van der Waals surface area contributed by atoms with Gasteiger partial charge < -0.3 is 4.98 Å². The number of benzene rings is 2. The smallest absolute Gasteiger partial charge is 0.278 e. The Labute approximate surface area is 110 Å². The summed E-state index contributed by atoms with van der Waals surface area (Å²) in [6, 6.07) is 13.1. The molecular formula is C13H11N3O2S. The summed E-state index contributed by atoms with van der Waals surface area (Å²) in [6.07, 6.45) is 2.60. The molecule has 2 aromatic carbocycles. The number of nitrogens with one attached hydrogen (secondary N) is 2. The molecule has 0 spiro atoms. The Morgan fingerprint density at radius 2 is 1.84 bits per heavy atom. The zero-order valence-electron chi connectivity index (χ0n) is 9.87. The predicted octanol–water partition coefficient (Wildman–Crippen LogP) is 2.36. The highest BCUT2D eigenvalue weighted by atomic mass is 32.2. The first-order valence-electron chi connectivity index (χ1n) is 5.66. The molecule has 0 aliphatic carbocycles. The van der Waals surface area contributed by atoms with Gasteiger partial charge in [-0.3, -0.25) is 4.72 Å². The van der Waals surface area contributed by atoms with Gasteiger partial charge in [-0.05, 0) is 11.5 Å². The van der Waals surface area contributed by atoms with Gasteiger partial charge in [0.15, 0.2) is 5.03 Å². The van der Waals surface area contributed by atoms with Gasteiger partial charge in [0.25, 0.3) is 10.0 Å². The molecule has 0 aliphatic rings. The molecule has 96 valence electrons. The van der Waals surface area contributed by atoms with Crippen LogP contribution in [0.25, 0.3) is 10.8 Å². The molecule has 1 aromatic heterocycles. The van der Waals surface area contributed by atoms with Crippen molar-refractivity contribution in [3.8, 4) is 0 Å². The highest BCUT2D eigenvalue weighted by Gasteiger charge is 2.16. The minimum Gasteiger partial charge on any atom is -0.334 e. The lowest BCUT2D eigenvalue weighted by atomic mass is 10.1. The number of H-pyrrole nitrogens is 1. The van der Waals surface area contributed by atoms with Gasteiger partial charge in [0, 0.05) is 5.39 Å². The molecule has 0 saturated carbocycles. The molecule has 1 heterocycles. The molecule has 6 heteroatoms. The third kappa shape index (κ3) is 2.17. The Morgan fingerprint density at radius 3 is 2.63 bits per heavy atom. The van der Waals surface area contributed by atoms with E-state index in [0.717, 1.165) is 10.8 Å². The summed E-state index contributed by atoms with van der Waals surface area (Å²) in [5.74, 6) is 0. The van der Waals surface area contributed by atoms with Crippen molar-refractivity contribution in [3.05, 3.63) is 55.0 Å². The Bertz CT molecular complexity index is 806. The van der Waals surface area contributed by atoms with Crippen LogP contribution in [0.5, 0.6) is 0 Å². The lowest BCUT2D eigenvalue weighted by Gasteiger charge is -2.09. The first-order valence-corrected chi connectivity index (χ1v) is 7.14. The molecule has 0 aliphatic heterocycles. The summed E-state index contributed by atoms with van der Waals surface area (Å²) in [7, 11) is -3.63. The van der Waals surface area contributed by atoms with Crippen molar-refractivity contribution in [3.63, 3.8) is 0 Å². The Balaban J connectivity index is 2.07. The summed E-state index contributed by atoms with van der Waals surface area (Å²) in [5, 5.41) is 1.88. The highest BCUT2D eigenvalue weighted by Crippen LogP contribution is 2.24. The molecule has 0 fully saturated rings. The van der Waals surface area contributed by atoms with Gasteiger partial charge in [-0.1, -0.05) is 36.4 Å². The standard InChI is InChI=1S/C13H11N3O2S/c17-19(18,13-8-14-9-15-13)16-12-7-3-5-10-4-1-2-6-11(10)12/h1-9,16H,(H,14,15). The quantitative estimate of drug-likeness (QED) is 0.769. The Morgan fingerprint density at radius 1 is 1.05 bits per heavy atom. The minimum atomic E-state index is -3.63. The number of nitrogens with zero attached hydrogens (tertiary/aromatic N) is 1. The van der Waals surface area contributed by atoms with Crippen LogP contribution < -0.4 is 4.72 Å². The monoisotopic (exact) mass is 273 g/mol. The van der Waals surface area contributed by atoms with Crippen molar-refractivity contribution in [1.82, 2.24) is 9.97 Å². The van der Waals surface area contributed by atoms with E-state index in [1.165, 1.54) is 12.5 Å². The fraction of sp³-hybridized carbons (Fsp3) is 0. The van der Waals surface area contributed by atoms with Crippen LogP contribution in [0.2, 0.25) is 0 Å². The maximum Gasteiger partial charge on any atom is 0.278 e. The molecule has 3 aromatic rings. The van der Waals surface area contributed by atoms with Crippen LogP contribution in [-0.4, -0.2) is 18.4 Å². The van der Waals surface area contributed by atoms with Crippen molar-refractivity contribution in [2.75, 3.05) is 4.72 Å². The lowest BCUT2D eigenvalue weighted by Crippen LogP contribution is -2.13. The van der Waals surface area contributed by atoms with Gasteiger partial charge in [0.1, 0.15) is 0 Å². The number of fused-ring (bicyclic) bond motifs is 1. The second-order valence-electron chi connectivity index (χ2n) is 4.05. The van der Waals surface area contributed by atoms with Gasteiger partial charge >= 0.3 is 0 Å². The maximum absolute atomic E-state index is 12.1. The van der Waals surface area contributed by atoms with Crippen LogP contribution in [0.1, 0.15) is 0 Å². The number of aromatic nitrogens is 2. The molecule has 0 bridgehead atoms. The van der Waals surface area contributed by atoms with Crippen molar-refractivity contribution >= 4 is 26.5 Å². The second kappa shape index (κ2) is 4.40. The summed E-state index contributed by atoms with van der Waals surface area (Å²) in [5.41, 5.74) is 0.549. The second-order valence-corrected chi connectivity index (χ2v) is 5.70. The predicted molar refractivity (Wildman–Crippen MR) is 73.3 cm³/mol. The lowest BCUT2D eigenvalue weighted by molar-refractivity contribution is 0.598. The number of rotatable bonds is 3. The first kappa shape index (κ1) is 11.7. The summed E-state index contributed by atoms with van der Waals surface area (Å²) in [4.78, 5) is 6.30. The molecule has 0 saturated heterocycles. The van der Waals surface area contributed by atoms with E-state index in [-0.39, 0.29) is 5.03 Å². The van der Waals surface area contributed by atoms with Crippen molar-refractivity contribution in [2.24, 2.45) is 0 Å². The van der Waals surface area contributed by atoms with E-state index in [1.54, 1.807) is 6.07 Å². The molecular weight excluding hydrogens is 262 g/mol. The Kier molecular flexibility index (Phi) is 2.72. The zero-order valence-corrected chi connectivity index (χ0v) is 10.7. The third-order valence-electron chi connectivity index (χ3n) is 2.80. The molecule has 5 nitrogen and oxygen atoms in total. The minimum absolute atomic E-state index is 0.0421. The van der Waals surface area contributed by atoms with E-state index < -0.39 is 10.0 Å². The van der Waals surface area contributed by atoms with E-state index in [9.17, 15) is 8.42 Å². The topological polar surface area (TPSA) is 74.8 Å². The molecule has 0 radical (unpaired) electrons. The van der Waals surface area contributed by atoms with E-state index in [4.69, 9.17) is 0 Å². The van der Waals surface area contributed by atoms with E-state index in [0.29, 0.717) is 5.69 Å². The van der Waals surface area contributed by atoms with Crippen molar-refractivity contribution < 1.29 is 8.42 Å². The molecule has 0 atom stereocenters. The first-order chi connectivity index (χ1) is 9.17. The summed E-state index contributed by atoms with van der Waals surface area (Å²) < 4.78 is 26.8. The number of aromatic amines is 1.